The minimum atomic E-state index is -0.914. The minimum absolute atomic E-state index is 0.0312. The molecule has 0 aliphatic heterocycles. The maximum atomic E-state index is 10.1. The minimum Gasteiger partial charge on any atom is -0.508 e. The van der Waals surface area contributed by atoms with Gasteiger partial charge in [0.15, 0.2) is 0 Å². The van der Waals surface area contributed by atoms with E-state index in [-0.39, 0.29) is 24.4 Å². The standard InChI is InChI=1S/C8H9NO3.C6H13NO2/c10-7-3-1-6(2-4-7)9-5-8(11)12;1-6(2,3)7-4-5(8)9/h1-4,9-10H,5H2,(H,11,12);7H,4H2,1-3H3,(H,8,9). The van der Waals surface area contributed by atoms with E-state index in [4.69, 9.17) is 15.3 Å². The Labute approximate surface area is 123 Å². The van der Waals surface area contributed by atoms with Crippen LogP contribution in [-0.2, 0) is 9.59 Å². The number of nitrogens with one attached hydrogen (secondary N) is 2. The molecule has 0 fully saturated rings. The van der Waals surface area contributed by atoms with Crippen molar-refractivity contribution in [1.82, 2.24) is 5.32 Å². The summed E-state index contributed by atoms with van der Waals surface area (Å²) < 4.78 is 0. The number of carboxylic acids is 2. The average Bonchev–Trinajstić information content (AvgIpc) is 2.36. The van der Waals surface area contributed by atoms with Crippen molar-refractivity contribution in [2.24, 2.45) is 0 Å². The third kappa shape index (κ3) is 12.5. The Hall–Kier alpha value is -2.28. The molecule has 7 heteroatoms. The van der Waals surface area contributed by atoms with Gasteiger partial charge in [0.1, 0.15) is 12.3 Å². The molecule has 5 N–H and O–H groups in total. The third-order valence-electron chi connectivity index (χ3n) is 2.08. The molecule has 0 unspecified atom stereocenters. The van der Waals surface area contributed by atoms with Crippen LogP contribution in [0.2, 0.25) is 0 Å². The molecule has 0 atom stereocenters. The monoisotopic (exact) mass is 298 g/mol. The maximum Gasteiger partial charge on any atom is 0.322 e. The maximum absolute atomic E-state index is 10.1. The van der Waals surface area contributed by atoms with Gasteiger partial charge in [-0.25, -0.2) is 0 Å². The molecule has 0 aromatic heterocycles. The Balaban J connectivity index is 0.000000400. The van der Waals surface area contributed by atoms with Gasteiger partial charge < -0.3 is 26.0 Å². The first-order valence-corrected chi connectivity index (χ1v) is 6.31. The van der Waals surface area contributed by atoms with Crippen molar-refractivity contribution in [3.8, 4) is 5.75 Å². The first-order valence-electron chi connectivity index (χ1n) is 6.31. The van der Waals surface area contributed by atoms with Crippen molar-refractivity contribution in [1.29, 1.82) is 0 Å². The number of phenolic OH excluding ortho intramolecular Hbond substituents is 1. The van der Waals surface area contributed by atoms with Gasteiger partial charge >= 0.3 is 11.9 Å². The molecule has 0 aliphatic rings. The van der Waals surface area contributed by atoms with Gasteiger partial charge in [-0.3, -0.25) is 9.59 Å². The summed E-state index contributed by atoms with van der Waals surface area (Å²) in [7, 11) is 0. The highest BCUT2D eigenvalue weighted by atomic mass is 16.4. The van der Waals surface area contributed by atoms with Crippen LogP contribution < -0.4 is 10.6 Å². The Bertz CT molecular complexity index is 451. The molecule has 1 aromatic carbocycles. The van der Waals surface area contributed by atoms with Gasteiger partial charge in [-0.2, -0.15) is 0 Å². The Morgan fingerprint density at radius 3 is 1.81 bits per heavy atom. The number of carboxylic acid groups (broad SMARTS) is 2. The predicted molar refractivity (Wildman–Crippen MR) is 79.6 cm³/mol. The molecule has 1 aromatic rings. The fraction of sp³-hybridized carbons (Fsp3) is 0.429. The van der Waals surface area contributed by atoms with Crippen molar-refractivity contribution in [3.05, 3.63) is 24.3 Å². The van der Waals surface area contributed by atoms with E-state index in [0.29, 0.717) is 5.69 Å². The van der Waals surface area contributed by atoms with Crippen LogP contribution in [0.25, 0.3) is 0 Å². The first-order chi connectivity index (χ1) is 9.60. The van der Waals surface area contributed by atoms with Crippen LogP contribution in [-0.4, -0.2) is 45.9 Å². The number of anilines is 1. The zero-order valence-electron chi connectivity index (χ0n) is 12.4. The second-order valence-corrected chi connectivity index (χ2v) is 5.29. The summed E-state index contributed by atoms with van der Waals surface area (Å²) in [5.74, 6) is -1.57. The molecular weight excluding hydrogens is 276 g/mol. The zero-order valence-corrected chi connectivity index (χ0v) is 12.4. The van der Waals surface area contributed by atoms with Crippen LogP contribution in [0.5, 0.6) is 5.75 Å². The largest absolute Gasteiger partial charge is 0.508 e. The number of benzene rings is 1. The Morgan fingerprint density at radius 1 is 1.00 bits per heavy atom. The summed E-state index contributed by atoms with van der Waals surface area (Å²) in [5, 5.41) is 30.9. The van der Waals surface area contributed by atoms with E-state index in [0.717, 1.165) is 0 Å². The van der Waals surface area contributed by atoms with Gasteiger partial charge in [0, 0.05) is 11.2 Å². The topological polar surface area (TPSA) is 119 Å². The molecule has 0 amide bonds. The molecule has 118 valence electrons. The molecule has 0 heterocycles. The first kappa shape index (κ1) is 18.7. The summed E-state index contributed by atoms with van der Waals surface area (Å²) >= 11 is 0. The number of aromatic hydroxyl groups is 1. The fourth-order valence-corrected chi connectivity index (χ4v) is 1.10. The van der Waals surface area contributed by atoms with Gasteiger partial charge in [-0.05, 0) is 45.0 Å². The van der Waals surface area contributed by atoms with E-state index in [1.54, 1.807) is 12.1 Å². The predicted octanol–water partition coefficient (Wildman–Crippen LogP) is 1.35. The third-order valence-corrected chi connectivity index (χ3v) is 2.08. The summed E-state index contributed by atoms with van der Waals surface area (Å²) in [6.07, 6.45) is 0. The van der Waals surface area contributed by atoms with Crippen LogP contribution in [0, 0.1) is 0 Å². The van der Waals surface area contributed by atoms with E-state index in [1.807, 2.05) is 20.8 Å². The highest BCUT2D eigenvalue weighted by Gasteiger charge is 2.09. The fourth-order valence-electron chi connectivity index (χ4n) is 1.10. The molecule has 7 nitrogen and oxygen atoms in total. The van der Waals surface area contributed by atoms with Gasteiger partial charge in [0.2, 0.25) is 0 Å². The molecule has 1 rings (SSSR count). The lowest BCUT2D eigenvalue weighted by atomic mass is 10.1. The summed E-state index contributed by atoms with van der Waals surface area (Å²) in [6.45, 7) is 5.69. The van der Waals surface area contributed by atoms with Crippen LogP contribution in [0.1, 0.15) is 20.8 Å². The number of carbonyl (C=O) groups is 2. The van der Waals surface area contributed by atoms with E-state index < -0.39 is 11.9 Å². The normalized spacial score (nSPS) is 10.2. The van der Waals surface area contributed by atoms with Crippen LogP contribution in [0.4, 0.5) is 5.69 Å². The molecule has 0 saturated carbocycles. The Morgan fingerprint density at radius 2 is 1.48 bits per heavy atom. The highest BCUT2D eigenvalue weighted by Crippen LogP contribution is 2.12. The van der Waals surface area contributed by atoms with Crippen molar-refractivity contribution in [3.63, 3.8) is 0 Å². The van der Waals surface area contributed by atoms with Crippen molar-refractivity contribution >= 4 is 17.6 Å². The van der Waals surface area contributed by atoms with Gasteiger partial charge in [0.05, 0.1) is 6.54 Å². The lowest BCUT2D eigenvalue weighted by Gasteiger charge is -2.18. The molecule has 0 aliphatic carbocycles. The van der Waals surface area contributed by atoms with Crippen LogP contribution in [0.15, 0.2) is 24.3 Å². The highest BCUT2D eigenvalue weighted by molar-refractivity contribution is 5.72. The average molecular weight is 298 g/mol. The molecule has 0 saturated heterocycles. The van der Waals surface area contributed by atoms with Gasteiger partial charge in [-0.1, -0.05) is 0 Å². The number of phenols is 1. The molecular formula is C14H22N2O5. The van der Waals surface area contributed by atoms with E-state index in [2.05, 4.69) is 10.6 Å². The second-order valence-electron chi connectivity index (χ2n) is 5.29. The lowest BCUT2D eigenvalue weighted by molar-refractivity contribution is -0.136. The number of hydrogen-bond donors (Lipinski definition) is 5. The molecule has 0 bridgehead atoms. The second kappa shape index (κ2) is 8.80. The number of hydrogen-bond acceptors (Lipinski definition) is 5. The molecule has 0 spiro atoms. The smallest absolute Gasteiger partial charge is 0.322 e. The van der Waals surface area contributed by atoms with Gasteiger partial charge in [0.25, 0.3) is 0 Å². The lowest BCUT2D eigenvalue weighted by Crippen LogP contribution is -2.39. The van der Waals surface area contributed by atoms with Crippen molar-refractivity contribution in [2.75, 3.05) is 18.4 Å². The van der Waals surface area contributed by atoms with Crippen LogP contribution in [0.3, 0.4) is 0 Å². The number of rotatable bonds is 5. The summed E-state index contributed by atoms with van der Waals surface area (Å²) in [5.41, 5.74) is 0.577. The quantitative estimate of drug-likeness (QED) is 0.520. The van der Waals surface area contributed by atoms with E-state index in [1.165, 1.54) is 12.1 Å². The zero-order chi connectivity index (χ0) is 16.5. The van der Waals surface area contributed by atoms with E-state index >= 15 is 0 Å². The molecule has 0 radical (unpaired) electrons. The Kier molecular flexibility index (Phi) is 7.85. The van der Waals surface area contributed by atoms with Gasteiger partial charge in [-0.15, -0.1) is 0 Å². The van der Waals surface area contributed by atoms with E-state index in [9.17, 15) is 9.59 Å². The van der Waals surface area contributed by atoms with Crippen molar-refractivity contribution < 1.29 is 24.9 Å². The van der Waals surface area contributed by atoms with Crippen LogP contribution >= 0.6 is 0 Å². The van der Waals surface area contributed by atoms with Crippen molar-refractivity contribution in [2.45, 2.75) is 26.3 Å². The SMILES string of the molecule is CC(C)(C)NCC(=O)O.O=C(O)CNc1ccc(O)cc1. The molecule has 21 heavy (non-hydrogen) atoms. The summed E-state index contributed by atoms with van der Waals surface area (Å²) in [6, 6.07) is 6.20. The number of aliphatic carboxylic acids is 2. The summed E-state index contributed by atoms with van der Waals surface area (Å²) in [4.78, 5) is 20.1.